The van der Waals surface area contributed by atoms with Crippen LogP contribution in [0.4, 0.5) is 0 Å². The van der Waals surface area contributed by atoms with Gasteiger partial charge in [0.25, 0.3) is 0 Å². The second kappa shape index (κ2) is 12.9. The van der Waals surface area contributed by atoms with Gasteiger partial charge in [-0.3, -0.25) is 0 Å². The van der Waals surface area contributed by atoms with Crippen LogP contribution in [0, 0.1) is 0 Å². The van der Waals surface area contributed by atoms with Crippen molar-refractivity contribution in [1.29, 1.82) is 0 Å². The van der Waals surface area contributed by atoms with Crippen LogP contribution in [0.15, 0.2) is 0 Å². The highest BCUT2D eigenvalue weighted by Gasteiger charge is 2.21. The van der Waals surface area contributed by atoms with E-state index >= 15 is 0 Å². The lowest BCUT2D eigenvalue weighted by Gasteiger charge is -2.13. The first kappa shape index (κ1) is 18.9. The number of ether oxygens (including phenoxy) is 4. The molecule has 5 nitrogen and oxygen atoms in total. The maximum atomic E-state index is 8.09. The quantitative estimate of drug-likeness (QED) is 0.407. The van der Waals surface area contributed by atoms with Crippen LogP contribution in [0.5, 0.6) is 0 Å². The van der Waals surface area contributed by atoms with E-state index in [0.717, 1.165) is 12.8 Å². The third kappa shape index (κ3) is 12.6. The van der Waals surface area contributed by atoms with Gasteiger partial charge >= 0.3 is 0 Å². The molecule has 0 aliphatic carbocycles. The van der Waals surface area contributed by atoms with Crippen molar-refractivity contribution in [1.82, 2.24) is 0 Å². The van der Waals surface area contributed by atoms with Crippen LogP contribution in [-0.2, 0) is 18.9 Å². The maximum Gasteiger partial charge on any atom is 0.143 e. The third-order valence-electron chi connectivity index (χ3n) is 2.42. The van der Waals surface area contributed by atoms with Crippen molar-refractivity contribution in [2.24, 2.45) is 0 Å². The molecular weight excluding hydrogens is 247 g/mol. The molecule has 1 aliphatic rings. The molecule has 0 aromatic rings. The number of hydrogen-bond donors (Lipinski definition) is 1. The fourth-order valence-corrected chi connectivity index (χ4v) is 1.48. The molecule has 6 heteroatoms. The highest BCUT2D eigenvalue weighted by Crippen LogP contribution is 2.17. The fourth-order valence-electron chi connectivity index (χ4n) is 1.48. The summed E-state index contributed by atoms with van der Waals surface area (Å²) >= 11 is 0. The summed E-state index contributed by atoms with van der Waals surface area (Å²) in [7, 11) is 5.55. The minimum absolute atomic E-state index is 0.0595. The largest absolute Gasteiger partial charge is 0.382 e. The van der Waals surface area contributed by atoms with Gasteiger partial charge in [-0.05, 0) is 33.6 Å². The molecule has 112 valence electrons. The predicted octanol–water partition coefficient (Wildman–Crippen LogP) is 1.07. The van der Waals surface area contributed by atoms with E-state index in [1.807, 2.05) is 20.8 Å². The second-order valence-electron chi connectivity index (χ2n) is 4.49. The molecule has 1 fully saturated rings. The molecule has 1 saturated heterocycles. The molecule has 1 rings (SSSR count). The van der Waals surface area contributed by atoms with Crippen LogP contribution in [0.2, 0.25) is 0 Å². The van der Waals surface area contributed by atoms with E-state index in [1.54, 1.807) is 0 Å². The average molecular weight is 274 g/mol. The van der Waals surface area contributed by atoms with Gasteiger partial charge < -0.3 is 24.1 Å². The molecule has 1 heterocycles. The summed E-state index contributed by atoms with van der Waals surface area (Å²) in [6.45, 7) is 8.18. The molecule has 0 aromatic carbocycles. The predicted molar refractivity (Wildman–Crippen MR) is 74.3 cm³/mol. The minimum Gasteiger partial charge on any atom is -0.382 e. The maximum absolute atomic E-state index is 8.09. The zero-order valence-electron chi connectivity index (χ0n) is 12.3. The molecule has 1 aliphatic heterocycles. The molecule has 0 bridgehead atoms. The summed E-state index contributed by atoms with van der Waals surface area (Å²) in [4.78, 5) is 0. The Kier molecular flexibility index (Phi) is 12.8. The number of aliphatic hydroxyl groups is 1. The summed E-state index contributed by atoms with van der Waals surface area (Å²) in [6, 6.07) is -0.0595. The van der Waals surface area contributed by atoms with E-state index in [4.69, 9.17) is 27.2 Å². The zero-order valence-corrected chi connectivity index (χ0v) is 12.3. The molecular formula is C13H27BO5. The highest BCUT2D eigenvalue weighted by atomic mass is 16.6. The molecule has 2 radical (unpaired) electrons. The Balaban J connectivity index is 0.000000362. The van der Waals surface area contributed by atoms with Crippen molar-refractivity contribution in [2.45, 2.75) is 51.8 Å². The van der Waals surface area contributed by atoms with Crippen LogP contribution < -0.4 is 0 Å². The monoisotopic (exact) mass is 274 g/mol. The van der Waals surface area contributed by atoms with E-state index < -0.39 is 0 Å². The molecule has 2 unspecified atom stereocenters. The van der Waals surface area contributed by atoms with Crippen LogP contribution in [0.1, 0.15) is 33.6 Å². The first-order valence-corrected chi connectivity index (χ1v) is 6.89. The van der Waals surface area contributed by atoms with Gasteiger partial charge in [0, 0.05) is 12.6 Å². The van der Waals surface area contributed by atoms with Crippen molar-refractivity contribution in [3.8, 4) is 0 Å². The van der Waals surface area contributed by atoms with Crippen molar-refractivity contribution in [2.75, 3.05) is 33.2 Å². The summed E-state index contributed by atoms with van der Waals surface area (Å²) < 4.78 is 20.2. The molecule has 0 saturated carbocycles. The van der Waals surface area contributed by atoms with E-state index in [2.05, 4.69) is 4.74 Å². The van der Waals surface area contributed by atoms with Gasteiger partial charge in [0.15, 0.2) is 0 Å². The first-order chi connectivity index (χ1) is 9.10. The highest BCUT2D eigenvalue weighted by molar-refractivity contribution is 6.11. The third-order valence-corrected chi connectivity index (χ3v) is 2.42. The Morgan fingerprint density at radius 1 is 1.26 bits per heavy atom. The first-order valence-electron chi connectivity index (χ1n) is 6.89. The summed E-state index contributed by atoms with van der Waals surface area (Å²) in [5.41, 5.74) is 0. The SMILES string of the molecule is CCOCCOCO.[B]C1CCC(COC(C)C)O1. The van der Waals surface area contributed by atoms with Gasteiger partial charge in [-0.1, -0.05) is 0 Å². The van der Waals surface area contributed by atoms with Gasteiger partial charge in [-0.25, -0.2) is 0 Å². The lowest BCUT2D eigenvalue weighted by Crippen LogP contribution is -2.19. The number of rotatable bonds is 8. The van der Waals surface area contributed by atoms with Crippen LogP contribution in [0.3, 0.4) is 0 Å². The van der Waals surface area contributed by atoms with Gasteiger partial charge in [-0.15, -0.1) is 0 Å². The zero-order chi connectivity index (χ0) is 14.5. The van der Waals surface area contributed by atoms with Crippen molar-refractivity contribution >= 4 is 7.85 Å². The van der Waals surface area contributed by atoms with E-state index in [-0.39, 0.29) is 25.0 Å². The standard InChI is InChI=1S/C8H15BO2.C5H12O3/c1-6(2)10-5-7-3-4-8(9)11-7;1-2-7-3-4-8-5-6/h6-8H,3-5H2,1-2H3;6H,2-5H2,1H3. The van der Waals surface area contributed by atoms with E-state index in [0.29, 0.717) is 26.4 Å². The lowest BCUT2D eigenvalue weighted by molar-refractivity contribution is -0.0276. The molecule has 19 heavy (non-hydrogen) atoms. The van der Waals surface area contributed by atoms with Gasteiger partial charge in [0.1, 0.15) is 14.6 Å². The summed E-state index contributed by atoms with van der Waals surface area (Å²) in [6.07, 6.45) is 2.52. The van der Waals surface area contributed by atoms with E-state index in [1.165, 1.54) is 0 Å². The Labute approximate surface area is 118 Å². The van der Waals surface area contributed by atoms with Crippen LogP contribution >= 0.6 is 0 Å². The average Bonchev–Trinajstić information content (AvgIpc) is 2.79. The molecule has 0 aromatic heterocycles. The lowest BCUT2D eigenvalue weighted by atomic mass is 9.97. The topological polar surface area (TPSA) is 57.2 Å². The van der Waals surface area contributed by atoms with Crippen LogP contribution in [-0.4, -0.2) is 64.4 Å². The fraction of sp³-hybridized carbons (Fsp3) is 1.00. The Hall–Kier alpha value is -0.135. The molecule has 0 spiro atoms. The Morgan fingerprint density at radius 3 is 2.42 bits per heavy atom. The van der Waals surface area contributed by atoms with Gasteiger partial charge in [0.2, 0.25) is 0 Å². The van der Waals surface area contributed by atoms with Crippen LogP contribution in [0.25, 0.3) is 0 Å². The Morgan fingerprint density at radius 2 is 1.95 bits per heavy atom. The van der Waals surface area contributed by atoms with Gasteiger partial charge in [-0.2, -0.15) is 0 Å². The molecule has 1 N–H and O–H groups in total. The van der Waals surface area contributed by atoms with Crippen molar-refractivity contribution < 1.29 is 24.1 Å². The minimum atomic E-state index is -0.215. The van der Waals surface area contributed by atoms with Crippen molar-refractivity contribution in [3.63, 3.8) is 0 Å². The van der Waals surface area contributed by atoms with Crippen molar-refractivity contribution in [3.05, 3.63) is 0 Å². The van der Waals surface area contributed by atoms with E-state index in [9.17, 15) is 0 Å². The second-order valence-corrected chi connectivity index (χ2v) is 4.49. The number of aliphatic hydroxyl groups excluding tert-OH is 1. The Bertz CT molecular complexity index is 186. The smallest absolute Gasteiger partial charge is 0.143 e. The summed E-state index contributed by atoms with van der Waals surface area (Å²) in [5, 5.41) is 8.09. The van der Waals surface area contributed by atoms with Gasteiger partial charge in [0.05, 0.1) is 32.0 Å². The number of hydrogen-bond acceptors (Lipinski definition) is 5. The molecule has 2 atom stereocenters. The normalized spacial score (nSPS) is 22.4. The summed E-state index contributed by atoms with van der Waals surface area (Å²) in [5.74, 6) is 0. The molecule has 0 amide bonds.